The van der Waals surface area contributed by atoms with Gasteiger partial charge in [0.1, 0.15) is 11.2 Å². The molecule has 9 nitrogen and oxygen atoms in total. The second-order valence-corrected chi connectivity index (χ2v) is 12.8. The van der Waals surface area contributed by atoms with E-state index in [-0.39, 0.29) is 6.09 Å². The van der Waals surface area contributed by atoms with E-state index in [0.717, 1.165) is 45.0 Å². The van der Waals surface area contributed by atoms with Gasteiger partial charge < -0.3 is 19.1 Å². The van der Waals surface area contributed by atoms with Crippen LogP contribution in [-0.4, -0.2) is 62.6 Å². The average Bonchev–Trinajstić information content (AvgIpc) is 3.19. The monoisotopic (exact) mass is 560 g/mol. The van der Waals surface area contributed by atoms with Crippen LogP contribution in [0.3, 0.4) is 0 Å². The molecule has 2 aliphatic heterocycles. The molecule has 0 atom stereocenters. The van der Waals surface area contributed by atoms with Gasteiger partial charge >= 0.3 is 12.2 Å². The Hall–Kier alpha value is -3.72. The predicted molar refractivity (Wildman–Crippen MR) is 158 cm³/mol. The molecule has 0 aromatic carbocycles. The largest absolute Gasteiger partial charge is 0.444 e. The van der Waals surface area contributed by atoms with Gasteiger partial charge in [-0.2, -0.15) is 0 Å². The third-order valence-corrected chi connectivity index (χ3v) is 6.97. The molecule has 0 N–H and O–H groups in total. The maximum atomic E-state index is 14.0. The molecule has 0 radical (unpaired) electrons. The van der Waals surface area contributed by atoms with Crippen molar-refractivity contribution in [3.05, 3.63) is 52.5 Å². The van der Waals surface area contributed by atoms with Gasteiger partial charge in [-0.1, -0.05) is 6.08 Å². The average molecular weight is 561 g/mol. The molecular weight excluding hydrogens is 520 g/mol. The van der Waals surface area contributed by atoms with Gasteiger partial charge in [-0.15, -0.1) is 0 Å². The van der Waals surface area contributed by atoms with Crippen molar-refractivity contribution in [2.24, 2.45) is 0 Å². The lowest BCUT2D eigenvalue weighted by Crippen LogP contribution is -2.40. The first kappa shape index (κ1) is 28.8. The van der Waals surface area contributed by atoms with Gasteiger partial charge in [0.05, 0.1) is 42.2 Å². The minimum atomic E-state index is -0.692. The summed E-state index contributed by atoms with van der Waals surface area (Å²) in [6, 6.07) is 6.03. The standard InChI is InChI=1S/C32H40N4O5/c1-19-15-23(16-20(2)33-19)28-26(21-10-13-39-14-11-21)27-25(36(28)30(38)41-32(6,7)8)17-22-9-12-35(18-24(22)34-27)29(37)40-31(3,4)5/h10,15-17H,9,11-14,18H2,1-8H3. The zero-order valence-electron chi connectivity index (χ0n) is 25.4. The molecule has 9 heteroatoms. The first-order valence-electron chi connectivity index (χ1n) is 14.2. The highest BCUT2D eigenvalue weighted by molar-refractivity contribution is 6.04. The lowest BCUT2D eigenvalue weighted by atomic mass is 9.96. The number of amides is 1. The Morgan fingerprint density at radius 3 is 2.17 bits per heavy atom. The van der Waals surface area contributed by atoms with E-state index in [0.29, 0.717) is 50.2 Å². The van der Waals surface area contributed by atoms with Gasteiger partial charge in [0.25, 0.3) is 0 Å². The Morgan fingerprint density at radius 2 is 1.56 bits per heavy atom. The Balaban J connectivity index is 1.76. The van der Waals surface area contributed by atoms with E-state index in [4.69, 9.17) is 19.2 Å². The summed E-state index contributed by atoms with van der Waals surface area (Å²) in [4.78, 5) is 38.3. The fraction of sp³-hybridized carbons (Fsp3) is 0.500. The smallest absolute Gasteiger partial charge is 0.419 e. The van der Waals surface area contributed by atoms with Crippen molar-refractivity contribution in [2.45, 2.75) is 86.0 Å². The summed E-state index contributed by atoms with van der Waals surface area (Å²) < 4.78 is 18.9. The van der Waals surface area contributed by atoms with Crippen molar-refractivity contribution in [3.63, 3.8) is 0 Å². The van der Waals surface area contributed by atoms with E-state index in [1.54, 1.807) is 9.47 Å². The number of nitrogens with zero attached hydrogens (tertiary/aromatic N) is 4. The Morgan fingerprint density at radius 1 is 0.902 bits per heavy atom. The van der Waals surface area contributed by atoms with Gasteiger partial charge in [0.2, 0.25) is 0 Å². The summed E-state index contributed by atoms with van der Waals surface area (Å²) in [7, 11) is 0. The summed E-state index contributed by atoms with van der Waals surface area (Å²) in [6.45, 7) is 17.0. The van der Waals surface area contributed by atoms with Crippen molar-refractivity contribution < 1.29 is 23.8 Å². The minimum absolute atomic E-state index is 0.336. The van der Waals surface area contributed by atoms with Crippen molar-refractivity contribution in [1.29, 1.82) is 0 Å². The molecule has 0 spiro atoms. The van der Waals surface area contributed by atoms with Gasteiger partial charge in [-0.25, -0.2) is 19.1 Å². The molecule has 5 rings (SSSR count). The number of aromatic nitrogens is 3. The first-order valence-corrected chi connectivity index (χ1v) is 14.2. The number of fused-ring (bicyclic) bond motifs is 2. The Kier molecular flexibility index (Phi) is 7.44. The van der Waals surface area contributed by atoms with Crippen molar-refractivity contribution in [2.75, 3.05) is 19.8 Å². The minimum Gasteiger partial charge on any atom is -0.444 e. The summed E-state index contributed by atoms with van der Waals surface area (Å²) in [5, 5.41) is 0. The fourth-order valence-electron chi connectivity index (χ4n) is 5.43. The maximum Gasteiger partial charge on any atom is 0.419 e. The molecule has 0 unspecified atom stereocenters. The molecule has 2 aliphatic rings. The number of hydrogen-bond donors (Lipinski definition) is 0. The van der Waals surface area contributed by atoms with Crippen LogP contribution in [0.25, 0.3) is 27.9 Å². The second-order valence-electron chi connectivity index (χ2n) is 12.8. The zero-order valence-corrected chi connectivity index (χ0v) is 25.4. The van der Waals surface area contributed by atoms with Crippen LogP contribution in [0.4, 0.5) is 9.59 Å². The molecule has 0 fully saturated rings. The quantitative estimate of drug-likeness (QED) is 0.349. The van der Waals surface area contributed by atoms with Gasteiger partial charge in [0, 0.05) is 29.1 Å². The number of ether oxygens (including phenoxy) is 3. The summed E-state index contributed by atoms with van der Waals surface area (Å²) in [6.07, 6.45) is 2.54. The van der Waals surface area contributed by atoms with E-state index in [1.165, 1.54) is 0 Å². The van der Waals surface area contributed by atoms with E-state index in [2.05, 4.69) is 11.1 Å². The third-order valence-electron chi connectivity index (χ3n) is 6.97. The lowest BCUT2D eigenvalue weighted by Gasteiger charge is -2.30. The van der Waals surface area contributed by atoms with Crippen molar-refractivity contribution in [3.8, 4) is 11.3 Å². The topological polar surface area (TPSA) is 95.8 Å². The molecule has 41 heavy (non-hydrogen) atoms. The van der Waals surface area contributed by atoms with Crippen LogP contribution in [0.15, 0.2) is 24.3 Å². The van der Waals surface area contributed by atoms with E-state index < -0.39 is 17.3 Å². The first-order chi connectivity index (χ1) is 19.2. The molecule has 0 bridgehead atoms. The molecule has 3 aromatic heterocycles. The van der Waals surface area contributed by atoms with Crippen LogP contribution in [-0.2, 0) is 27.2 Å². The highest BCUT2D eigenvalue weighted by Crippen LogP contribution is 2.41. The zero-order chi connectivity index (χ0) is 29.7. The Bertz CT molecular complexity index is 1530. The highest BCUT2D eigenvalue weighted by Gasteiger charge is 2.32. The molecule has 0 aliphatic carbocycles. The molecule has 0 saturated heterocycles. The van der Waals surface area contributed by atoms with Crippen LogP contribution in [0.1, 0.15) is 76.2 Å². The molecule has 5 heterocycles. The highest BCUT2D eigenvalue weighted by atomic mass is 16.6. The van der Waals surface area contributed by atoms with Crippen LogP contribution < -0.4 is 0 Å². The van der Waals surface area contributed by atoms with Crippen molar-refractivity contribution >= 4 is 28.8 Å². The summed E-state index contributed by atoms with van der Waals surface area (Å²) in [5.41, 5.74) is 7.18. The van der Waals surface area contributed by atoms with Crippen LogP contribution in [0, 0.1) is 13.8 Å². The Labute approximate surface area is 241 Å². The predicted octanol–water partition coefficient (Wildman–Crippen LogP) is 6.60. The molecular formula is C32H40N4O5. The maximum absolute atomic E-state index is 14.0. The number of carbonyl (C=O) groups is 2. The van der Waals surface area contributed by atoms with E-state index >= 15 is 0 Å². The molecule has 218 valence electrons. The molecule has 0 saturated carbocycles. The number of aryl methyl sites for hydroxylation is 2. The van der Waals surface area contributed by atoms with Gasteiger partial charge in [-0.05, 0) is 97.6 Å². The lowest BCUT2D eigenvalue weighted by molar-refractivity contribution is 0.0221. The third kappa shape index (κ3) is 6.15. The van der Waals surface area contributed by atoms with Crippen LogP contribution in [0.5, 0.6) is 0 Å². The fourth-order valence-corrected chi connectivity index (χ4v) is 5.43. The number of hydrogen-bond acceptors (Lipinski definition) is 7. The van der Waals surface area contributed by atoms with Gasteiger partial charge in [-0.3, -0.25) is 4.98 Å². The van der Waals surface area contributed by atoms with Gasteiger partial charge in [0.15, 0.2) is 0 Å². The molecule has 3 aromatic rings. The number of carbonyl (C=O) groups excluding carboxylic acids is 2. The number of rotatable bonds is 2. The van der Waals surface area contributed by atoms with Crippen molar-refractivity contribution in [1.82, 2.24) is 19.4 Å². The summed E-state index contributed by atoms with van der Waals surface area (Å²) in [5.74, 6) is 0. The molecule has 1 amide bonds. The van der Waals surface area contributed by atoms with E-state index in [1.807, 2.05) is 73.6 Å². The van der Waals surface area contributed by atoms with Crippen LogP contribution >= 0.6 is 0 Å². The van der Waals surface area contributed by atoms with Crippen LogP contribution in [0.2, 0.25) is 0 Å². The van der Waals surface area contributed by atoms with E-state index in [9.17, 15) is 9.59 Å². The number of pyridine rings is 2. The normalized spacial score (nSPS) is 15.9. The SMILES string of the molecule is Cc1cc(-c2c(C3=CCOCC3)c3nc4c(cc3n2C(=O)OC(C)(C)C)CCN(C(=O)OC(C)(C)C)C4)cc(C)n1. The second kappa shape index (κ2) is 10.6. The summed E-state index contributed by atoms with van der Waals surface area (Å²) >= 11 is 0.